The third-order valence-corrected chi connectivity index (χ3v) is 4.65. The normalized spacial score (nSPS) is 11.4. The Kier molecular flexibility index (Phi) is 24.4. The average molecular weight is 437 g/mol. The average Bonchev–Trinajstić information content (AvgIpc) is 2.62. The van der Waals surface area contributed by atoms with Gasteiger partial charge in [0.1, 0.15) is 0 Å². The highest BCUT2D eigenvalue weighted by molar-refractivity contribution is 7.79. The summed E-state index contributed by atoms with van der Waals surface area (Å²) >= 11 is 0. The van der Waals surface area contributed by atoms with E-state index in [9.17, 15) is 4.79 Å². The Morgan fingerprint density at radius 2 is 0.966 bits per heavy atom. The zero-order valence-corrected chi connectivity index (χ0v) is 19.2. The summed E-state index contributed by atoms with van der Waals surface area (Å²) in [5.74, 6) is -0.656. The van der Waals surface area contributed by atoms with Crippen LogP contribution in [0.2, 0.25) is 0 Å². The fourth-order valence-corrected chi connectivity index (χ4v) is 3.05. The number of carboxylic acid groups (broad SMARTS) is 1. The van der Waals surface area contributed by atoms with Crippen molar-refractivity contribution < 1.29 is 27.4 Å². The maximum absolute atomic E-state index is 10.4. The lowest BCUT2D eigenvalue weighted by molar-refractivity contribution is -0.137. The lowest BCUT2D eigenvalue weighted by Crippen LogP contribution is -1.93. The minimum Gasteiger partial charge on any atom is -0.481 e. The van der Waals surface area contributed by atoms with Gasteiger partial charge in [0, 0.05) is 6.42 Å². The van der Waals surface area contributed by atoms with Crippen LogP contribution >= 0.6 is 0 Å². The molecule has 0 aliphatic carbocycles. The van der Waals surface area contributed by atoms with Gasteiger partial charge >= 0.3 is 16.4 Å². The summed E-state index contributed by atoms with van der Waals surface area (Å²) in [6, 6.07) is 0. The Labute approximate surface area is 178 Å². The molecule has 0 aromatic carbocycles. The molecule has 0 aliphatic rings. The van der Waals surface area contributed by atoms with E-state index in [1.807, 2.05) is 0 Å². The van der Waals surface area contributed by atoms with Gasteiger partial charge in [0.05, 0.1) is 0 Å². The van der Waals surface area contributed by atoms with Crippen molar-refractivity contribution in [3.8, 4) is 0 Å². The molecule has 0 aromatic rings. The van der Waals surface area contributed by atoms with Gasteiger partial charge in [-0.15, -0.1) is 0 Å². The topological polar surface area (TPSA) is 112 Å². The van der Waals surface area contributed by atoms with Gasteiger partial charge < -0.3 is 5.11 Å². The third-order valence-electron chi connectivity index (χ3n) is 4.65. The van der Waals surface area contributed by atoms with Crippen LogP contribution in [-0.4, -0.2) is 28.6 Å². The van der Waals surface area contributed by atoms with Crippen molar-refractivity contribution in [2.24, 2.45) is 0 Å². The molecule has 3 N–H and O–H groups in total. The lowest BCUT2D eigenvalue weighted by atomic mass is 10.1. The van der Waals surface area contributed by atoms with Gasteiger partial charge in [-0.1, -0.05) is 96.1 Å². The number of hydrogen-bond donors (Lipinski definition) is 3. The number of unbranched alkanes of at least 4 members (excludes halogenated alkanes) is 15. The first-order valence-corrected chi connectivity index (χ1v) is 12.7. The van der Waals surface area contributed by atoms with Crippen molar-refractivity contribution >= 4 is 16.4 Å². The molecule has 6 nitrogen and oxygen atoms in total. The van der Waals surface area contributed by atoms with Crippen molar-refractivity contribution in [3.63, 3.8) is 0 Å². The van der Waals surface area contributed by atoms with Crippen LogP contribution in [0.4, 0.5) is 0 Å². The molecular weight excluding hydrogens is 392 g/mol. The zero-order chi connectivity index (χ0) is 22.2. The molecule has 0 atom stereocenters. The van der Waals surface area contributed by atoms with E-state index in [1.165, 1.54) is 96.3 Å². The molecule has 29 heavy (non-hydrogen) atoms. The molecule has 7 heteroatoms. The number of allylic oxidation sites excluding steroid dienone is 2. The van der Waals surface area contributed by atoms with Crippen LogP contribution < -0.4 is 0 Å². The summed E-state index contributed by atoms with van der Waals surface area (Å²) in [6.07, 6.45) is 27.1. The van der Waals surface area contributed by atoms with Gasteiger partial charge in [0.25, 0.3) is 0 Å². The van der Waals surface area contributed by atoms with Crippen LogP contribution in [0.5, 0.6) is 0 Å². The van der Waals surface area contributed by atoms with Gasteiger partial charge in [-0.05, 0) is 32.1 Å². The molecular formula is C22H44O6S. The zero-order valence-electron chi connectivity index (χ0n) is 18.4. The Morgan fingerprint density at radius 1 is 0.655 bits per heavy atom. The summed E-state index contributed by atoms with van der Waals surface area (Å²) in [5, 5.41) is 8.55. The smallest absolute Gasteiger partial charge is 0.394 e. The quantitative estimate of drug-likeness (QED) is 0.114. The first-order valence-electron chi connectivity index (χ1n) is 11.3. The first kappa shape index (κ1) is 30.3. The van der Waals surface area contributed by atoms with E-state index < -0.39 is 16.4 Å². The second-order valence-electron chi connectivity index (χ2n) is 7.59. The van der Waals surface area contributed by atoms with Crippen molar-refractivity contribution in [3.05, 3.63) is 12.2 Å². The molecule has 0 rings (SSSR count). The highest BCUT2D eigenvalue weighted by Gasteiger charge is 1.96. The van der Waals surface area contributed by atoms with Crippen LogP contribution in [0.25, 0.3) is 0 Å². The van der Waals surface area contributed by atoms with Gasteiger partial charge in [0.15, 0.2) is 0 Å². The van der Waals surface area contributed by atoms with Gasteiger partial charge in [-0.3, -0.25) is 13.9 Å². The fourth-order valence-electron chi connectivity index (χ4n) is 3.05. The molecule has 174 valence electrons. The van der Waals surface area contributed by atoms with E-state index in [4.69, 9.17) is 22.6 Å². The van der Waals surface area contributed by atoms with E-state index in [0.29, 0.717) is 6.42 Å². The number of hydrogen-bond acceptors (Lipinski definition) is 3. The summed E-state index contributed by atoms with van der Waals surface area (Å²) in [5.41, 5.74) is 0. The van der Waals surface area contributed by atoms with E-state index in [0.717, 1.165) is 12.8 Å². The predicted molar refractivity (Wildman–Crippen MR) is 120 cm³/mol. The van der Waals surface area contributed by atoms with E-state index in [-0.39, 0.29) is 0 Å². The van der Waals surface area contributed by atoms with E-state index >= 15 is 0 Å². The lowest BCUT2D eigenvalue weighted by Gasteiger charge is -2.01. The molecule has 0 saturated heterocycles. The minimum atomic E-state index is -4.67. The molecule has 0 unspecified atom stereocenters. The number of carboxylic acids is 1. The second-order valence-corrected chi connectivity index (χ2v) is 8.49. The SMILES string of the molecule is CCCCCCCCC=CCCCCCCCCCCCC(=O)O.O=S(=O)(O)O. The number of aliphatic carboxylic acids is 1. The van der Waals surface area contributed by atoms with Crippen LogP contribution in [0, 0.1) is 0 Å². The van der Waals surface area contributed by atoms with E-state index in [2.05, 4.69) is 19.1 Å². The van der Waals surface area contributed by atoms with Crippen LogP contribution in [0.3, 0.4) is 0 Å². The first-order chi connectivity index (χ1) is 13.8. The van der Waals surface area contributed by atoms with Crippen molar-refractivity contribution in [1.29, 1.82) is 0 Å². The molecule has 0 radical (unpaired) electrons. The van der Waals surface area contributed by atoms with Gasteiger partial charge in [-0.2, -0.15) is 8.42 Å². The third kappa shape index (κ3) is 42.2. The Hall–Kier alpha value is -0.920. The molecule has 0 amide bonds. The molecule has 0 saturated carbocycles. The second kappa shape index (κ2) is 23.4. The Balaban J connectivity index is 0. The van der Waals surface area contributed by atoms with Crippen molar-refractivity contribution in [2.75, 3.05) is 0 Å². The van der Waals surface area contributed by atoms with Crippen LogP contribution in [-0.2, 0) is 15.2 Å². The number of rotatable bonds is 19. The van der Waals surface area contributed by atoms with Crippen LogP contribution in [0.15, 0.2) is 12.2 Å². The molecule has 0 aromatic heterocycles. The highest BCUT2D eigenvalue weighted by atomic mass is 32.3. The Morgan fingerprint density at radius 3 is 1.31 bits per heavy atom. The molecule has 0 heterocycles. The molecule has 0 bridgehead atoms. The summed E-state index contributed by atoms with van der Waals surface area (Å²) < 4.78 is 31.6. The van der Waals surface area contributed by atoms with Gasteiger partial charge in [-0.25, -0.2) is 0 Å². The highest BCUT2D eigenvalue weighted by Crippen LogP contribution is 2.12. The fraction of sp³-hybridized carbons (Fsp3) is 0.864. The summed E-state index contributed by atoms with van der Waals surface area (Å²) in [7, 11) is -4.67. The minimum absolute atomic E-state index is 0.340. The molecule has 0 spiro atoms. The van der Waals surface area contributed by atoms with Crippen LogP contribution in [0.1, 0.15) is 122 Å². The monoisotopic (exact) mass is 436 g/mol. The van der Waals surface area contributed by atoms with E-state index in [1.54, 1.807) is 0 Å². The maximum Gasteiger partial charge on any atom is 0.394 e. The number of carbonyl (C=O) groups is 1. The standard InChI is InChI=1S/C22H42O2.H2O4S/c1-2-3-4-5-6-7-8-9-10-11-12-13-14-15-16-17-18-19-20-21-22(23)24;1-5(2,3)4/h9-10H,2-8,11-21H2,1H3,(H,23,24);(H2,1,2,3,4). The maximum atomic E-state index is 10.4. The largest absolute Gasteiger partial charge is 0.481 e. The summed E-state index contributed by atoms with van der Waals surface area (Å²) in [6.45, 7) is 2.27. The predicted octanol–water partition coefficient (Wildman–Crippen LogP) is 7.02. The molecule has 0 fully saturated rings. The Bertz CT molecular complexity index is 466. The molecule has 0 aliphatic heterocycles. The summed E-state index contributed by atoms with van der Waals surface area (Å²) in [4.78, 5) is 10.4. The van der Waals surface area contributed by atoms with Crippen molar-refractivity contribution in [2.45, 2.75) is 122 Å². The van der Waals surface area contributed by atoms with Gasteiger partial charge in [0.2, 0.25) is 0 Å². The van der Waals surface area contributed by atoms with Crippen molar-refractivity contribution in [1.82, 2.24) is 0 Å².